The van der Waals surface area contributed by atoms with Crippen LogP contribution in [0, 0.1) is 11.3 Å². The number of nitrogens with one attached hydrogen (secondary N) is 1. The summed E-state index contributed by atoms with van der Waals surface area (Å²) < 4.78 is 6.11. The first-order valence-electron chi connectivity index (χ1n) is 10.7. The summed E-state index contributed by atoms with van der Waals surface area (Å²) in [6.45, 7) is 0.175. The Morgan fingerprint density at radius 1 is 0.882 bits per heavy atom. The molecule has 1 N–H and O–H groups in total. The summed E-state index contributed by atoms with van der Waals surface area (Å²) in [7, 11) is 0. The third-order valence-electron chi connectivity index (χ3n) is 5.65. The molecule has 0 radical (unpaired) electrons. The molecule has 6 heteroatoms. The van der Waals surface area contributed by atoms with Gasteiger partial charge in [0.2, 0.25) is 0 Å². The maximum Gasteiger partial charge on any atom is 0.282 e. The highest BCUT2D eigenvalue weighted by atomic mass is 16.5. The Hall–Kier alpha value is -4.89. The molecule has 4 aromatic rings. The first-order chi connectivity index (χ1) is 16.7. The summed E-state index contributed by atoms with van der Waals surface area (Å²) in [4.78, 5) is 25.9. The largest absolute Gasteiger partial charge is 0.488 e. The van der Waals surface area contributed by atoms with E-state index in [4.69, 9.17) is 4.74 Å². The number of fused-ring (bicyclic) bond motifs is 1. The Labute approximate surface area is 196 Å². The van der Waals surface area contributed by atoms with Crippen LogP contribution in [0.15, 0.2) is 96.6 Å². The summed E-state index contributed by atoms with van der Waals surface area (Å²) in [5.74, 6) is -0.412. The second kappa shape index (κ2) is 8.93. The fourth-order valence-corrected chi connectivity index (χ4v) is 3.92. The number of nitriles is 1. The van der Waals surface area contributed by atoms with Gasteiger partial charge in [0.1, 0.15) is 17.9 Å². The summed E-state index contributed by atoms with van der Waals surface area (Å²) in [5.41, 5.74) is 5.13. The van der Waals surface area contributed by atoms with Gasteiger partial charge in [-0.05, 0) is 41.1 Å². The Morgan fingerprint density at radius 3 is 2.44 bits per heavy atom. The van der Waals surface area contributed by atoms with Crippen molar-refractivity contribution in [1.82, 2.24) is 5.43 Å². The van der Waals surface area contributed by atoms with E-state index in [0.29, 0.717) is 22.6 Å². The molecule has 0 saturated carbocycles. The summed E-state index contributed by atoms with van der Waals surface area (Å²) >= 11 is 0. The third-order valence-corrected chi connectivity index (χ3v) is 5.65. The normalized spacial score (nSPS) is 14.3. The number of ether oxygens (including phenoxy) is 1. The molecule has 1 heterocycles. The molecule has 6 nitrogen and oxygen atoms in total. The van der Waals surface area contributed by atoms with Crippen molar-refractivity contribution < 1.29 is 14.3 Å². The molecule has 2 amide bonds. The summed E-state index contributed by atoms with van der Waals surface area (Å²) in [5, 5.41) is 12.4. The van der Waals surface area contributed by atoms with E-state index in [1.165, 1.54) is 5.01 Å². The van der Waals surface area contributed by atoms with Crippen molar-refractivity contribution in [2.45, 2.75) is 6.61 Å². The Morgan fingerprint density at radius 2 is 1.62 bits per heavy atom. The van der Waals surface area contributed by atoms with E-state index in [9.17, 15) is 14.9 Å². The quantitative estimate of drug-likeness (QED) is 0.355. The van der Waals surface area contributed by atoms with Gasteiger partial charge in [-0.25, -0.2) is 5.01 Å². The molecule has 0 aliphatic carbocycles. The number of hydrazine groups is 1. The minimum Gasteiger partial charge on any atom is -0.488 e. The molecule has 1 aliphatic rings. The average Bonchev–Trinajstić information content (AvgIpc) is 3.17. The zero-order chi connectivity index (χ0) is 23.5. The number of nitrogens with zero attached hydrogens (tertiary/aromatic N) is 2. The average molecular weight is 445 g/mol. The maximum absolute atomic E-state index is 13.1. The van der Waals surface area contributed by atoms with Crippen LogP contribution in [-0.2, 0) is 16.2 Å². The third kappa shape index (κ3) is 3.87. The van der Waals surface area contributed by atoms with Crippen molar-refractivity contribution in [3.05, 3.63) is 113 Å². The van der Waals surface area contributed by atoms with Crippen molar-refractivity contribution in [3.63, 3.8) is 0 Å². The number of hydrogen-bond acceptors (Lipinski definition) is 4. The van der Waals surface area contributed by atoms with Crippen LogP contribution < -0.4 is 15.2 Å². The molecule has 0 bridgehead atoms. The van der Waals surface area contributed by atoms with Gasteiger partial charge in [-0.1, -0.05) is 66.7 Å². The molecule has 1 saturated heterocycles. The predicted molar refractivity (Wildman–Crippen MR) is 129 cm³/mol. The van der Waals surface area contributed by atoms with Crippen molar-refractivity contribution in [2.75, 3.05) is 5.01 Å². The fraction of sp³-hybridized carbons (Fsp3) is 0.0357. The second-order valence-electron chi connectivity index (χ2n) is 7.73. The predicted octanol–water partition coefficient (Wildman–Crippen LogP) is 4.75. The monoisotopic (exact) mass is 445 g/mol. The van der Waals surface area contributed by atoms with Gasteiger partial charge in [-0.2, -0.15) is 5.26 Å². The standard InChI is InChI=1S/C28H19N3O3/c29-17-20-9-4-5-10-21(20)18-34-26-15-14-19-8-6-7-13-23(19)24(26)16-25-27(32)30-31(28(25)33)22-11-2-1-3-12-22/h1-16H,18H2,(H,30,32)/b25-16-. The van der Waals surface area contributed by atoms with Gasteiger partial charge >= 0.3 is 0 Å². The highest BCUT2D eigenvalue weighted by molar-refractivity contribution is 6.32. The lowest BCUT2D eigenvalue weighted by Crippen LogP contribution is -2.35. The first kappa shape index (κ1) is 21.0. The van der Waals surface area contributed by atoms with Gasteiger partial charge in [0.15, 0.2) is 0 Å². The van der Waals surface area contributed by atoms with E-state index in [-0.39, 0.29) is 12.2 Å². The van der Waals surface area contributed by atoms with Gasteiger partial charge < -0.3 is 4.74 Å². The molecule has 5 rings (SSSR count). The smallest absolute Gasteiger partial charge is 0.282 e. The first-order valence-corrected chi connectivity index (χ1v) is 10.7. The van der Waals surface area contributed by atoms with Crippen molar-refractivity contribution in [1.29, 1.82) is 5.26 Å². The molecule has 34 heavy (non-hydrogen) atoms. The SMILES string of the molecule is N#Cc1ccccc1COc1ccc2ccccc2c1/C=C1/C(=O)NN(c2ccccc2)C1=O. The Bertz CT molecular complexity index is 1490. The summed E-state index contributed by atoms with van der Waals surface area (Å²) in [6.07, 6.45) is 1.58. The Balaban J connectivity index is 1.56. The van der Waals surface area contributed by atoms with Crippen LogP contribution in [0.25, 0.3) is 16.8 Å². The highest BCUT2D eigenvalue weighted by Crippen LogP contribution is 2.32. The molecule has 164 valence electrons. The maximum atomic E-state index is 13.1. The second-order valence-corrected chi connectivity index (χ2v) is 7.73. The van der Waals surface area contributed by atoms with Crippen LogP contribution >= 0.6 is 0 Å². The van der Waals surface area contributed by atoms with Gasteiger partial charge in [0, 0.05) is 11.1 Å². The van der Waals surface area contributed by atoms with E-state index >= 15 is 0 Å². The molecular formula is C28H19N3O3. The van der Waals surface area contributed by atoms with Gasteiger partial charge in [0.05, 0.1) is 17.3 Å². The van der Waals surface area contributed by atoms with Crippen LogP contribution in [0.3, 0.4) is 0 Å². The lowest BCUT2D eigenvalue weighted by atomic mass is 10.0. The number of carbonyl (C=O) groups excluding carboxylic acids is 2. The van der Waals surface area contributed by atoms with Crippen LogP contribution in [0.1, 0.15) is 16.7 Å². The minimum atomic E-state index is -0.484. The number of hydrogen-bond donors (Lipinski definition) is 1. The molecule has 1 aliphatic heterocycles. The molecule has 0 unspecified atom stereocenters. The van der Waals surface area contributed by atoms with Crippen LogP contribution in [-0.4, -0.2) is 11.8 Å². The zero-order valence-corrected chi connectivity index (χ0v) is 18.1. The highest BCUT2D eigenvalue weighted by Gasteiger charge is 2.34. The van der Waals surface area contributed by atoms with E-state index in [1.54, 1.807) is 42.5 Å². The molecule has 0 spiro atoms. The molecule has 0 aromatic heterocycles. The van der Waals surface area contributed by atoms with Crippen LogP contribution in [0.2, 0.25) is 0 Å². The molecule has 1 fully saturated rings. The van der Waals surface area contributed by atoms with E-state index in [1.807, 2.05) is 54.6 Å². The van der Waals surface area contributed by atoms with Gasteiger partial charge in [-0.3, -0.25) is 15.0 Å². The lowest BCUT2D eigenvalue weighted by Gasteiger charge is -2.14. The number of anilines is 1. The number of rotatable bonds is 5. The van der Waals surface area contributed by atoms with E-state index in [0.717, 1.165) is 16.3 Å². The van der Waals surface area contributed by atoms with Crippen molar-refractivity contribution in [2.24, 2.45) is 0 Å². The molecule has 4 aromatic carbocycles. The van der Waals surface area contributed by atoms with Gasteiger partial charge in [0.25, 0.3) is 11.8 Å². The fourth-order valence-electron chi connectivity index (χ4n) is 3.92. The van der Waals surface area contributed by atoms with E-state index < -0.39 is 11.8 Å². The summed E-state index contributed by atoms with van der Waals surface area (Å²) in [6, 6.07) is 29.8. The van der Waals surface area contributed by atoms with Gasteiger partial charge in [-0.15, -0.1) is 0 Å². The minimum absolute atomic E-state index is 0.0162. The molecule has 0 atom stereocenters. The van der Waals surface area contributed by atoms with Crippen LogP contribution in [0.4, 0.5) is 5.69 Å². The van der Waals surface area contributed by atoms with Crippen LogP contribution in [0.5, 0.6) is 5.75 Å². The topological polar surface area (TPSA) is 82.4 Å². The van der Waals surface area contributed by atoms with Crippen molar-refractivity contribution >= 4 is 34.4 Å². The number of carbonyl (C=O) groups is 2. The number of para-hydroxylation sites is 1. The number of benzene rings is 4. The zero-order valence-electron chi connectivity index (χ0n) is 18.1. The van der Waals surface area contributed by atoms with Crippen molar-refractivity contribution in [3.8, 4) is 11.8 Å². The lowest BCUT2D eigenvalue weighted by molar-refractivity contribution is -0.117. The Kier molecular flexibility index (Phi) is 5.51. The van der Waals surface area contributed by atoms with E-state index in [2.05, 4.69) is 11.5 Å². The number of amides is 2. The molecular weight excluding hydrogens is 426 g/mol.